The van der Waals surface area contributed by atoms with Crippen LogP contribution < -0.4 is 10.1 Å². The Morgan fingerprint density at radius 3 is 2.64 bits per heavy atom. The Kier molecular flexibility index (Phi) is 3.18. The van der Waals surface area contributed by atoms with E-state index in [-0.39, 0.29) is 23.5 Å². The summed E-state index contributed by atoms with van der Waals surface area (Å²) in [5.74, 6) is -3.86. The van der Waals surface area contributed by atoms with Crippen molar-refractivity contribution in [3.63, 3.8) is 0 Å². The fraction of sp³-hybridized carbons (Fsp3) is 0.400. The second kappa shape index (κ2) is 9.33. The standard InChI is InChI=1S/C25H27N3O5/c29-23-9-8-21(24(30)26-23)28-15-20-19(25(28)31)2-1-3-22(20)33-16-18-6-4-17(5-7-18)14-27-10-12-32-13-11-27/h1-7,21H,8-16H2,(H,26,29,30)/t21-/m1/s1/i8D2,9D2,10D2,11D2,12D2,13D2,21D. The average Bonchev–Trinajstić information content (AvgIpc) is 3.29. The molecule has 8 nitrogen and oxygen atoms in total. The summed E-state index contributed by atoms with van der Waals surface area (Å²) >= 11 is 0. The lowest BCUT2D eigenvalue weighted by Gasteiger charge is -2.29. The number of morpholine rings is 1. The zero-order valence-corrected chi connectivity index (χ0v) is 17.1. The minimum atomic E-state index is -3.42. The molecule has 8 heteroatoms. The van der Waals surface area contributed by atoms with E-state index < -0.39 is 75.7 Å². The molecule has 2 fully saturated rings. The molecule has 1 N–H and O–H groups in total. The van der Waals surface area contributed by atoms with Gasteiger partial charge in [0.25, 0.3) is 5.91 Å². The number of amides is 3. The van der Waals surface area contributed by atoms with Crippen molar-refractivity contribution in [1.29, 1.82) is 0 Å². The molecule has 172 valence electrons. The number of ether oxygens (including phenoxy) is 2. The lowest BCUT2D eigenvalue weighted by Crippen LogP contribution is -2.52. The van der Waals surface area contributed by atoms with Crippen molar-refractivity contribution >= 4 is 17.7 Å². The number of nitrogens with one attached hydrogen (secondary N) is 1. The van der Waals surface area contributed by atoms with Gasteiger partial charge in [-0.1, -0.05) is 30.3 Å². The van der Waals surface area contributed by atoms with Crippen LogP contribution >= 0.6 is 0 Å². The summed E-state index contributed by atoms with van der Waals surface area (Å²) in [4.78, 5) is 39.1. The highest BCUT2D eigenvalue weighted by Gasteiger charge is 2.40. The molecule has 0 spiro atoms. The van der Waals surface area contributed by atoms with Crippen LogP contribution in [-0.4, -0.2) is 59.7 Å². The number of nitrogens with zero attached hydrogens (tertiary/aromatic N) is 2. The predicted molar refractivity (Wildman–Crippen MR) is 119 cm³/mol. The zero-order valence-electron chi connectivity index (χ0n) is 30.1. The van der Waals surface area contributed by atoms with E-state index in [9.17, 15) is 14.4 Å². The van der Waals surface area contributed by atoms with Crippen LogP contribution in [0.2, 0.25) is 0 Å². The highest BCUT2D eigenvalue weighted by molar-refractivity contribution is 6.05. The Balaban J connectivity index is 1.34. The third kappa shape index (κ3) is 4.62. The number of rotatable bonds is 6. The molecule has 1 atom stereocenters. The number of carbonyl (C=O) groups is 3. The van der Waals surface area contributed by atoms with Crippen molar-refractivity contribution in [1.82, 2.24) is 15.1 Å². The van der Waals surface area contributed by atoms with Crippen LogP contribution in [0.25, 0.3) is 0 Å². The van der Waals surface area contributed by atoms with Crippen molar-refractivity contribution in [3.8, 4) is 5.75 Å². The zero-order chi connectivity index (χ0) is 34.5. The van der Waals surface area contributed by atoms with E-state index >= 15 is 0 Å². The van der Waals surface area contributed by atoms with Gasteiger partial charge in [0.1, 0.15) is 18.4 Å². The smallest absolute Gasteiger partial charge is 0.255 e. The largest absolute Gasteiger partial charge is 0.489 e. The van der Waals surface area contributed by atoms with Gasteiger partial charge in [0, 0.05) is 48.0 Å². The molecule has 0 aliphatic carbocycles. The Bertz CT molecular complexity index is 1590. The first-order valence-electron chi connectivity index (χ1n) is 16.4. The lowest BCUT2D eigenvalue weighted by molar-refractivity contribution is -0.136. The molecule has 3 heterocycles. The first kappa shape index (κ1) is 11.3. The van der Waals surface area contributed by atoms with Crippen LogP contribution in [0.15, 0.2) is 42.5 Å². The summed E-state index contributed by atoms with van der Waals surface area (Å²) in [6, 6.07) is 7.22. The normalized spacial score (nSPS) is 38.4. The molecular weight excluding hydrogens is 422 g/mol. The maximum absolute atomic E-state index is 13.3. The average molecular weight is 463 g/mol. The van der Waals surface area contributed by atoms with E-state index in [1.165, 1.54) is 30.3 Å². The molecule has 2 saturated heterocycles. The summed E-state index contributed by atoms with van der Waals surface area (Å²) in [6.07, 6.45) is -6.74. The van der Waals surface area contributed by atoms with Gasteiger partial charge in [-0.05, 0) is 29.6 Å². The Morgan fingerprint density at radius 2 is 1.85 bits per heavy atom. The van der Waals surface area contributed by atoms with Crippen LogP contribution in [0.3, 0.4) is 0 Å². The summed E-state index contributed by atoms with van der Waals surface area (Å²) in [5, 5.41) is 1.65. The molecule has 0 bridgehead atoms. The number of hydrogen-bond acceptors (Lipinski definition) is 6. The van der Waals surface area contributed by atoms with Gasteiger partial charge in [-0.15, -0.1) is 0 Å². The molecule has 33 heavy (non-hydrogen) atoms. The molecule has 0 saturated carbocycles. The van der Waals surface area contributed by atoms with Gasteiger partial charge in [0.15, 0.2) is 0 Å². The first-order valence-corrected chi connectivity index (χ1v) is 9.92. The third-order valence-corrected chi connectivity index (χ3v) is 5.15. The summed E-state index contributed by atoms with van der Waals surface area (Å²) < 4.78 is 115. The Hall–Kier alpha value is -3.23. The van der Waals surface area contributed by atoms with E-state index in [1.807, 2.05) is 0 Å². The second-order valence-corrected chi connectivity index (χ2v) is 7.28. The Morgan fingerprint density at radius 1 is 1.09 bits per heavy atom. The molecule has 2 aromatic carbocycles. The molecule has 3 aliphatic heterocycles. The molecule has 3 aliphatic rings. The van der Waals surface area contributed by atoms with E-state index in [0.29, 0.717) is 20.9 Å². The number of fused-ring (bicyclic) bond motifs is 1. The van der Waals surface area contributed by atoms with Gasteiger partial charge >= 0.3 is 0 Å². The van der Waals surface area contributed by atoms with Crippen LogP contribution in [-0.2, 0) is 34.0 Å². The highest BCUT2D eigenvalue weighted by Crippen LogP contribution is 2.34. The summed E-state index contributed by atoms with van der Waals surface area (Å²) in [6.45, 7) is -13.6. The van der Waals surface area contributed by atoms with Crippen LogP contribution in [0.4, 0.5) is 0 Å². The van der Waals surface area contributed by atoms with Crippen molar-refractivity contribution < 1.29 is 41.7 Å². The molecule has 0 aromatic heterocycles. The highest BCUT2D eigenvalue weighted by atomic mass is 16.5. The van der Waals surface area contributed by atoms with E-state index in [1.54, 1.807) is 17.4 Å². The molecule has 2 aromatic rings. The molecule has 0 unspecified atom stereocenters. The lowest BCUT2D eigenvalue weighted by atomic mass is 10.0. The fourth-order valence-corrected chi connectivity index (χ4v) is 3.55. The number of carbonyl (C=O) groups excluding carboxylic acids is 3. The summed E-state index contributed by atoms with van der Waals surface area (Å²) in [5.41, 5.74) is 1.02. The van der Waals surface area contributed by atoms with Crippen molar-refractivity contribution in [2.24, 2.45) is 0 Å². The van der Waals surface area contributed by atoms with Gasteiger partial charge in [-0.3, -0.25) is 24.6 Å². The van der Waals surface area contributed by atoms with Gasteiger partial charge < -0.3 is 14.4 Å². The SMILES string of the molecule is [2H]C1([2H])OC([2H])([2H])C([2H])([2H])N(Cc2ccc(COc3cccc4c3CN([C@@]3([2H])C(=O)NC(=O)C([2H])([2H])C3([2H])[2H])C4=O)cc2)C1([2H])[2H]. The molecule has 0 radical (unpaired) electrons. The van der Waals surface area contributed by atoms with E-state index in [2.05, 4.69) is 4.74 Å². The molecule has 3 amide bonds. The van der Waals surface area contributed by atoms with Gasteiger partial charge in [0.2, 0.25) is 11.8 Å². The molecule has 5 rings (SSSR count). The van der Waals surface area contributed by atoms with Gasteiger partial charge in [0.05, 0.1) is 26.5 Å². The van der Waals surface area contributed by atoms with Crippen molar-refractivity contribution in [2.75, 3.05) is 26.1 Å². The number of benzene rings is 2. The molecular formula is C25H27N3O5. The maximum Gasteiger partial charge on any atom is 0.255 e. The number of imide groups is 1. The van der Waals surface area contributed by atoms with Crippen molar-refractivity contribution in [2.45, 2.75) is 38.5 Å². The minimum Gasteiger partial charge on any atom is -0.489 e. The quantitative estimate of drug-likeness (QED) is 0.660. The summed E-state index contributed by atoms with van der Waals surface area (Å²) in [7, 11) is 0. The van der Waals surface area contributed by atoms with Crippen molar-refractivity contribution in [3.05, 3.63) is 64.7 Å². The van der Waals surface area contributed by atoms with Crippen LogP contribution in [0.5, 0.6) is 5.75 Å². The van der Waals surface area contributed by atoms with E-state index in [0.717, 1.165) is 0 Å². The Labute approximate surface area is 210 Å². The van der Waals surface area contributed by atoms with Crippen LogP contribution in [0.1, 0.15) is 57.6 Å². The van der Waals surface area contributed by atoms with Gasteiger partial charge in [-0.2, -0.15) is 0 Å². The second-order valence-electron chi connectivity index (χ2n) is 7.28. The van der Waals surface area contributed by atoms with Gasteiger partial charge in [-0.25, -0.2) is 0 Å². The fourth-order valence-electron chi connectivity index (χ4n) is 3.55. The maximum atomic E-state index is 13.3. The monoisotopic (exact) mass is 462 g/mol. The number of piperidine rings is 1. The first-order chi connectivity index (χ1) is 20.9. The predicted octanol–water partition coefficient (Wildman–Crippen LogP) is 1.86. The minimum absolute atomic E-state index is 0.0192. The third-order valence-electron chi connectivity index (χ3n) is 5.15. The van der Waals surface area contributed by atoms with Crippen LogP contribution in [0, 0.1) is 0 Å². The topological polar surface area (TPSA) is 88.2 Å². The number of hydrogen-bond donors (Lipinski definition) is 1. The van der Waals surface area contributed by atoms with E-state index in [4.69, 9.17) is 22.6 Å².